The second-order valence-corrected chi connectivity index (χ2v) is 6.56. The highest BCUT2D eigenvalue weighted by Gasteiger charge is 2.27. The fourth-order valence-corrected chi connectivity index (χ4v) is 3.68. The first-order valence-electron chi connectivity index (χ1n) is 8.82. The van der Waals surface area contributed by atoms with Crippen molar-refractivity contribution in [1.82, 2.24) is 19.5 Å². The zero-order valence-corrected chi connectivity index (χ0v) is 14.1. The Morgan fingerprint density at radius 2 is 1.83 bits per heavy atom. The van der Waals surface area contributed by atoms with Gasteiger partial charge in [-0.05, 0) is 25.3 Å². The lowest BCUT2D eigenvalue weighted by Crippen LogP contribution is -2.14. The minimum atomic E-state index is 0.494. The van der Waals surface area contributed by atoms with Crippen LogP contribution in [0.25, 0.3) is 11.5 Å². The van der Waals surface area contributed by atoms with Gasteiger partial charge in [0.15, 0.2) is 5.82 Å². The standard InChI is InChI=1S/C19H23N5/c1-2-24-18-16(22-17(23-18)14-10-6-7-11-14)15(21-19(24)20)12-13-8-4-3-5-9-13/h3-5,8-9,14H,2,6-7,10-12H2,1H3,(H2,20,21). The van der Waals surface area contributed by atoms with Crippen LogP contribution in [0.4, 0.5) is 5.95 Å². The Hall–Kier alpha value is -2.43. The van der Waals surface area contributed by atoms with Gasteiger partial charge >= 0.3 is 0 Å². The number of imidazole rings is 1. The van der Waals surface area contributed by atoms with Crippen LogP contribution in [-0.4, -0.2) is 19.5 Å². The Balaban J connectivity index is 1.81. The van der Waals surface area contributed by atoms with Gasteiger partial charge in [0.2, 0.25) is 5.95 Å². The van der Waals surface area contributed by atoms with E-state index < -0.39 is 0 Å². The van der Waals surface area contributed by atoms with E-state index in [0.717, 1.165) is 36.0 Å². The lowest BCUT2D eigenvalue weighted by molar-refractivity contribution is 0.676. The highest BCUT2D eigenvalue weighted by Crippen LogP contribution is 2.36. The van der Waals surface area contributed by atoms with E-state index in [-0.39, 0.29) is 0 Å². The molecule has 0 spiro atoms. The van der Waals surface area contributed by atoms with Gasteiger partial charge in [-0.1, -0.05) is 43.2 Å². The van der Waals surface area contributed by atoms with Crippen molar-refractivity contribution in [3.63, 3.8) is 0 Å². The quantitative estimate of drug-likeness (QED) is 0.796. The number of aromatic nitrogens is 4. The van der Waals surface area contributed by atoms with Gasteiger partial charge in [-0.15, -0.1) is 0 Å². The molecule has 2 N–H and O–H groups in total. The summed E-state index contributed by atoms with van der Waals surface area (Å²) < 4.78 is 1.97. The molecule has 0 radical (unpaired) electrons. The maximum atomic E-state index is 6.20. The molecular weight excluding hydrogens is 298 g/mol. The number of hydrogen-bond acceptors (Lipinski definition) is 4. The zero-order chi connectivity index (χ0) is 16.5. The molecule has 0 amide bonds. The van der Waals surface area contributed by atoms with Gasteiger partial charge in [-0.3, -0.25) is 4.57 Å². The Morgan fingerprint density at radius 3 is 2.54 bits per heavy atom. The smallest absolute Gasteiger partial charge is 0.202 e. The van der Waals surface area contributed by atoms with E-state index in [2.05, 4.69) is 24.0 Å². The van der Waals surface area contributed by atoms with Crippen molar-refractivity contribution in [3.8, 4) is 11.5 Å². The molecule has 3 aliphatic rings. The molecule has 24 heavy (non-hydrogen) atoms. The predicted octanol–water partition coefficient (Wildman–Crippen LogP) is 3.63. The van der Waals surface area contributed by atoms with Crippen molar-refractivity contribution >= 4 is 5.95 Å². The summed E-state index contributed by atoms with van der Waals surface area (Å²) in [5, 5.41) is 0. The minimum absolute atomic E-state index is 0.494. The third-order valence-electron chi connectivity index (χ3n) is 4.96. The molecule has 1 aliphatic carbocycles. The maximum absolute atomic E-state index is 6.20. The summed E-state index contributed by atoms with van der Waals surface area (Å²) in [6, 6.07) is 10.3. The van der Waals surface area contributed by atoms with Crippen molar-refractivity contribution in [1.29, 1.82) is 0 Å². The van der Waals surface area contributed by atoms with Crippen LogP contribution in [0.3, 0.4) is 0 Å². The predicted molar refractivity (Wildman–Crippen MR) is 95.0 cm³/mol. The van der Waals surface area contributed by atoms with Gasteiger partial charge in [0.1, 0.15) is 11.5 Å². The number of nitrogens with zero attached hydrogens (tertiary/aromatic N) is 4. The molecule has 2 heterocycles. The number of anilines is 1. The molecule has 124 valence electrons. The van der Waals surface area contributed by atoms with Gasteiger partial charge in [0.25, 0.3) is 0 Å². The first kappa shape index (κ1) is 15.1. The summed E-state index contributed by atoms with van der Waals surface area (Å²) >= 11 is 0. The van der Waals surface area contributed by atoms with Crippen molar-refractivity contribution in [2.75, 3.05) is 5.73 Å². The molecule has 0 atom stereocenters. The Bertz CT molecular complexity index is 802. The Labute approximate surface area is 142 Å². The average molecular weight is 321 g/mol. The summed E-state index contributed by atoms with van der Waals surface area (Å²) in [6.45, 7) is 2.82. The maximum Gasteiger partial charge on any atom is 0.202 e. The van der Waals surface area contributed by atoms with Gasteiger partial charge in [0, 0.05) is 18.9 Å². The Morgan fingerprint density at radius 1 is 1.08 bits per heavy atom. The third kappa shape index (κ3) is 2.64. The average Bonchev–Trinajstić information content (AvgIpc) is 3.25. The summed E-state index contributed by atoms with van der Waals surface area (Å²) in [5.41, 5.74) is 9.25. The molecular formula is C19H23N5. The lowest BCUT2D eigenvalue weighted by atomic mass is 10.1. The number of fused-ring (bicyclic) bond motifs is 1. The number of benzene rings is 1. The van der Waals surface area contributed by atoms with E-state index in [1.807, 2.05) is 22.8 Å². The molecule has 2 aliphatic heterocycles. The molecule has 0 unspecified atom stereocenters. The van der Waals surface area contributed by atoms with Crippen LogP contribution in [-0.2, 0) is 13.0 Å². The largest absolute Gasteiger partial charge is 0.369 e. The molecule has 0 bridgehead atoms. The molecule has 5 heteroatoms. The van der Waals surface area contributed by atoms with Crippen LogP contribution in [0.2, 0.25) is 0 Å². The number of nitrogens with two attached hydrogens (primary N) is 1. The summed E-state index contributed by atoms with van der Waals surface area (Å²) in [5.74, 6) is 2.88. The zero-order valence-electron chi connectivity index (χ0n) is 14.1. The van der Waals surface area contributed by atoms with Gasteiger partial charge in [0.05, 0.1) is 5.69 Å². The molecule has 1 saturated carbocycles. The van der Waals surface area contributed by atoms with Crippen LogP contribution in [0.1, 0.15) is 55.6 Å². The fourth-order valence-electron chi connectivity index (χ4n) is 3.68. The lowest BCUT2D eigenvalue weighted by Gasteiger charge is -2.14. The van der Waals surface area contributed by atoms with Crippen LogP contribution in [0.15, 0.2) is 30.3 Å². The molecule has 0 aromatic heterocycles. The van der Waals surface area contributed by atoms with E-state index in [9.17, 15) is 0 Å². The van der Waals surface area contributed by atoms with Crippen LogP contribution >= 0.6 is 0 Å². The number of rotatable bonds is 4. The van der Waals surface area contributed by atoms with E-state index in [0.29, 0.717) is 11.9 Å². The van der Waals surface area contributed by atoms with Crippen molar-refractivity contribution < 1.29 is 0 Å². The molecule has 1 fully saturated rings. The monoisotopic (exact) mass is 321 g/mol. The highest BCUT2D eigenvalue weighted by atomic mass is 15.2. The van der Waals surface area contributed by atoms with Crippen LogP contribution in [0.5, 0.6) is 0 Å². The van der Waals surface area contributed by atoms with E-state index in [1.54, 1.807) is 0 Å². The molecule has 1 aromatic carbocycles. The van der Waals surface area contributed by atoms with Crippen LogP contribution < -0.4 is 5.73 Å². The summed E-state index contributed by atoms with van der Waals surface area (Å²) in [7, 11) is 0. The second-order valence-electron chi connectivity index (χ2n) is 6.56. The second kappa shape index (κ2) is 6.23. The fraction of sp³-hybridized carbons (Fsp3) is 0.421. The number of nitrogen functional groups attached to an aromatic ring is 1. The first-order valence-corrected chi connectivity index (χ1v) is 8.82. The summed E-state index contributed by atoms with van der Waals surface area (Å²) in [6.07, 6.45) is 5.68. The normalized spacial score (nSPS) is 15.4. The van der Waals surface area contributed by atoms with Crippen molar-refractivity contribution in [2.24, 2.45) is 0 Å². The molecule has 5 nitrogen and oxygen atoms in total. The van der Waals surface area contributed by atoms with E-state index >= 15 is 0 Å². The molecule has 4 rings (SSSR count). The van der Waals surface area contributed by atoms with Crippen molar-refractivity contribution in [2.45, 2.75) is 51.5 Å². The Kier molecular flexibility index (Phi) is 3.92. The SMILES string of the molecule is CCn1c(N)nc(Cc2ccccc2)c2nc(C3CCCC3)nc1-2. The van der Waals surface area contributed by atoms with E-state index in [4.69, 9.17) is 15.7 Å². The topological polar surface area (TPSA) is 69.6 Å². The van der Waals surface area contributed by atoms with Gasteiger partial charge in [-0.2, -0.15) is 0 Å². The van der Waals surface area contributed by atoms with Crippen LogP contribution in [0, 0.1) is 0 Å². The highest BCUT2D eigenvalue weighted by molar-refractivity contribution is 5.59. The van der Waals surface area contributed by atoms with E-state index in [1.165, 1.54) is 31.2 Å². The van der Waals surface area contributed by atoms with Gasteiger partial charge < -0.3 is 5.73 Å². The molecule has 1 aromatic rings. The minimum Gasteiger partial charge on any atom is -0.369 e. The summed E-state index contributed by atoms with van der Waals surface area (Å²) in [4.78, 5) is 14.4. The third-order valence-corrected chi connectivity index (χ3v) is 4.96. The molecule has 0 saturated heterocycles. The first-order chi connectivity index (χ1) is 11.8. The van der Waals surface area contributed by atoms with Gasteiger partial charge in [-0.25, -0.2) is 15.0 Å². The number of hydrogen-bond donors (Lipinski definition) is 1. The van der Waals surface area contributed by atoms with Crippen molar-refractivity contribution in [3.05, 3.63) is 47.4 Å².